The van der Waals surface area contributed by atoms with Crippen molar-refractivity contribution in [1.29, 1.82) is 0 Å². The van der Waals surface area contributed by atoms with Gasteiger partial charge in [0.25, 0.3) is 0 Å². The zero-order chi connectivity index (χ0) is 17.8. The molecule has 0 aliphatic rings. The lowest BCUT2D eigenvalue weighted by Gasteiger charge is -2.23. The van der Waals surface area contributed by atoms with Gasteiger partial charge in [0.05, 0.1) is 0 Å². The summed E-state index contributed by atoms with van der Waals surface area (Å²) >= 11 is 1.82. The predicted octanol–water partition coefficient (Wildman–Crippen LogP) is 7.45. The van der Waals surface area contributed by atoms with Crippen LogP contribution in [0.15, 0.2) is 97.1 Å². The van der Waals surface area contributed by atoms with Crippen LogP contribution in [0.25, 0.3) is 10.4 Å². The third kappa shape index (κ3) is 3.42. The molecule has 0 radical (unpaired) electrons. The summed E-state index contributed by atoms with van der Waals surface area (Å²) in [6.45, 7) is 2.19. The van der Waals surface area contributed by atoms with E-state index in [-0.39, 0.29) is 0 Å². The van der Waals surface area contributed by atoms with Crippen molar-refractivity contribution in [3.63, 3.8) is 0 Å². The molecule has 4 aromatic rings. The van der Waals surface area contributed by atoms with Crippen molar-refractivity contribution >= 4 is 27.7 Å². The van der Waals surface area contributed by atoms with E-state index in [4.69, 9.17) is 0 Å². The van der Waals surface area contributed by atoms with Gasteiger partial charge in [0.15, 0.2) is 0 Å². The highest BCUT2D eigenvalue weighted by atomic mass is 32.1. The molecule has 1 heterocycles. The van der Waals surface area contributed by atoms with Crippen LogP contribution in [0.3, 0.4) is 0 Å². The maximum Gasteiger partial charge on any atom is 0.101 e. The quantitative estimate of drug-likeness (QED) is 0.359. The third-order valence-electron chi connectivity index (χ3n) is 4.49. The number of aryl methyl sites for hydroxylation is 1. The molecule has 128 valence electrons. The maximum atomic E-state index is 2.31. The van der Waals surface area contributed by atoms with Crippen molar-refractivity contribution in [2.24, 2.45) is 0 Å². The first-order valence-corrected chi connectivity index (χ1v) is 9.76. The van der Waals surface area contributed by atoms with E-state index in [0.29, 0.717) is 0 Å². The molecule has 0 saturated heterocycles. The number of thiophene rings is 1. The molecule has 0 spiro atoms. The largest absolute Gasteiger partial charge is 0.302 e. The first kappa shape index (κ1) is 16.6. The van der Waals surface area contributed by atoms with Gasteiger partial charge < -0.3 is 4.90 Å². The van der Waals surface area contributed by atoms with Crippen molar-refractivity contribution in [3.8, 4) is 10.4 Å². The van der Waals surface area contributed by atoms with E-state index in [1.165, 1.54) is 32.4 Å². The summed E-state index contributed by atoms with van der Waals surface area (Å²) in [5, 5.41) is 1.22. The highest BCUT2D eigenvalue weighted by Gasteiger charge is 2.14. The molecule has 0 unspecified atom stereocenters. The molecule has 0 saturated carbocycles. The van der Waals surface area contributed by atoms with E-state index in [1.54, 1.807) is 0 Å². The van der Waals surface area contributed by atoms with E-state index in [0.717, 1.165) is 6.42 Å². The standard InChI is InChI=1S/C24H21NS/c1-2-19-13-15-20(16-14-19)23-17-18-24(26-23)25(21-9-5-3-6-10-21)22-11-7-4-8-12-22/h3-18H,2H2,1H3. The average Bonchev–Trinajstić information content (AvgIpc) is 3.19. The smallest absolute Gasteiger partial charge is 0.101 e. The highest BCUT2D eigenvalue weighted by molar-refractivity contribution is 7.19. The van der Waals surface area contributed by atoms with Gasteiger partial charge in [-0.25, -0.2) is 0 Å². The molecule has 26 heavy (non-hydrogen) atoms. The summed E-state index contributed by atoms with van der Waals surface area (Å²) in [5.41, 5.74) is 5.00. The molecule has 0 atom stereocenters. The molecule has 4 rings (SSSR count). The monoisotopic (exact) mass is 355 g/mol. The van der Waals surface area contributed by atoms with Gasteiger partial charge in [-0.1, -0.05) is 67.6 Å². The van der Waals surface area contributed by atoms with Crippen LogP contribution in [0.4, 0.5) is 16.4 Å². The van der Waals surface area contributed by atoms with Crippen LogP contribution in [0, 0.1) is 0 Å². The molecule has 1 nitrogen and oxygen atoms in total. The minimum atomic E-state index is 1.08. The first-order valence-electron chi connectivity index (χ1n) is 8.94. The molecular weight excluding hydrogens is 334 g/mol. The van der Waals surface area contributed by atoms with Crippen molar-refractivity contribution in [2.75, 3.05) is 4.90 Å². The van der Waals surface area contributed by atoms with Gasteiger partial charge in [-0.15, -0.1) is 11.3 Å². The number of hydrogen-bond acceptors (Lipinski definition) is 2. The number of anilines is 3. The summed E-state index contributed by atoms with van der Waals surface area (Å²) in [4.78, 5) is 3.61. The zero-order valence-corrected chi connectivity index (χ0v) is 15.6. The lowest BCUT2D eigenvalue weighted by Crippen LogP contribution is -2.07. The fourth-order valence-corrected chi connectivity index (χ4v) is 4.12. The van der Waals surface area contributed by atoms with Crippen molar-refractivity contribution < 1.29 is 0 Å². The number of hydrogen-bond donors (Lipinski definition) is 0. The molecule has 3 aromatic carbocycles. The second-order valence-electron chi connectivity index (χ2n) is 6.19. The van der Waals surface area contributed by atoms with Gasteiger partial charge in [0, 0.05) is 16.3 Å². The van der Waals surface area contributed by atoms with Gasteiger partial charge in [-0.05, 0) is 53.9 Å². The Hall–Kier alpha value is -2.84. The molecule has 0 fully saturated rings. The van der Waals surface area contributed by atoms with E-state index in [1.807, 2.05) is 11.3 Å². The Morgan fingerprint density at radius 3 is 1.77 bits per heavy atom. The van der Waals surface area contributed by atoms with Gasteiger partial charge in [0.1, 0.15) is 5.00 Å². The Kier molecular flexibility index (Phi) is 4.85. The van der Waals surface area contributed by atoms with Crippen molar-refractivity contribution in [2.45, 2.75) is 13.3 Å². The summed E-state index contributed by atoms with van der Waals surface area (Å²) < 4.78 is 0. The minimum absolute atomic E-state index is 1.08. The molecule has 0 aliphatic heterocycles. The number of nitrogens with zero attached hydrogens (tertiary/aromatic N) is 1. The Balaban J connectivity index is 1.74. The highest BCUT2D eigenvalue weighted by Crippen LogP contribution is 2.41. The fourth-order valence-electron chi connectivity index (χ4n) is 3.07. The Labute approximate surface area is 159 Å². The van der Waals surface area contributed by atoms with E-state index < -0.39 is 0 Å². The minimum Gasteiger partial charge on any atom is -0.302 e. The van der Waals surface area contributed by atoms with Gasteiger partial charge in [0.2, 0.25) is 0 Å². The van der Waals surface area contributed by atoms with Gasteiger partial charge >= 0.3 is 0 Å². The zero-order valence-electron chi connectivity index (χ0n) is 14.8. The van der Waals surface area contributed by atoms with Crippen LogP contribution in [0.2, 0.25) is 0 Å². The van der Waals surface area contributed by atoms with Crippen LogP contribution in [-0.2, 0) is 6.42 Å². The SMILES string of the molecule is CCc1ccc(-c2ccc(N(c3ccccc3)c3ccccc3)s2)cc1. The second kappa shape index (κ2) is 7.59. The molecule has 1 aromatic heterocycles. The molecule has 2 heteroatoms. The summed E-state index contributed by atoms with van der Waals surface area (Å²) in [6.07, 6.45) is 1.08. The number of para-hydroxylation sites is 2. The Morgan fingerprint density at radius 1 is 0.654 bits per heavy atom. The topological polar surface area (TPSA) is 3.24 Å². The maximum absolute atomic E-state index is 2.31. The third-order valence-corrected chi connectivity index (χ3v) is 5.61. The number of benzene rings is 3. The van der Waals surface area contributed by atoms with Crippen LogP contribution in [0.5, 0.6) is 0 Å². The van der Waals surface area contributed by atoms with Crippen molar-refractivity contribution in [3.05, 3.63) is 103 Å². The predicted molar refractivity (Wildman–Crippen MR) is 114 cm³/mol. The summed E-state index contributed by atoms with van der Waals surface area (Å²) in [5.74, 6) is 0. The van der Waals surface area contributed by atoms with E-state index >= 15 is 0 Å². The van der Waals surface area contributed by atoms with Crippen LogP contribution in [0.1, 0.15) is 12.5 Å². The Morgan fingerprint density at radius 2 is 1.23 bits per heavy atom. The van der Waals surface area contributed by atoms with E-state index in [9.17, 15) is 0 Å². The summed E-state index contributed by atoms with van der Waals surface area (Å²) in [7, 11) is 0. The number of rotatable bonds is 5. The molecule has 0 bridgehead atoms. The van der Waals surface area contributed by atoms with E-state index in [2.05, 4.69) is 109 Å². The Bertz CT molecular complexity index is 917. The molecular formula is C24H21NS. The van der Waals surface area contributed by atoms with Crippen LogP contribution >= 0.6 is 11.3 Å². The van der Waals surface area contributed by atoms with Gasteiger partial charge in [-0.2, -0.15) is 0 Å². The second-order valence-corrected chi connectivity index (χ2v) is 7.26. The van der Waals surface area contributed by atoms with Crippen LogP contribution < -0.4 is 4.90 Å². The summed E-state index contributed by atoms with van der Waals surface area (Å²) in [6, 6.07) is 34.4. The first-order chi connectivity index (χ1) is 12.8. The van der Waals surface area contributed by atoms with Crippen LogP contribution in [-0.4, -0.2) is 0 Å². The molecule has 0 aliphatic carbocycles. The van der Waals surface area contributed by atoms with Crippen molar-refractivity contribution in [1.82, 2.24) is 0 Å². The van der Waals surface area contributed by atoms with Gasteiger partial charge in [-0.3, -0.25) is 0 Å². The lowest BCUT2D eigenvalue weighted by molar-refractivity contribution is 1.14. The molecule has 0 N–H and O–H groups in total. The fraction of sp³-hybridized carbons (Fsp3) is 0.0833. The molecule has 0 amide bonds. The average molecular weight is 356 g/mol. The normalized spacial score (nSPS) is 10.7. The lowest BCUT2D eigenvalue weighted by atomic mass is 10.1.